The molecule has 0 atom stereocenters. The van der Waals surface area contributed by atoms with Gasteiger partial charge in [-0.25, -0.2) is 8.42 Å². The maximum Gasteiger partial charge on any atom is 0.243 e. The molecule has 1 N–H and O–H groups in total. The second-order valence-corrected chi connectivity index (χ2v) is 10.9. The summed E-state index contributed by atoms with van der Waals surface area (Å²) in [6, 6.07) is 17.4. The van der Waals surface area contributed by atoms with Crippen LogP contribution in [0.3, 0.4) is 0 Å². The zero-order valence-corrected chi connectivity index (χ0v) is 20.1. The summed E-state index contributed by atoms with van der Waals surface area (Å²) in [4.78, 5) is 17.7. The van der Waals surface area contributed by atoms with E-state index in [1.807, 2.05) is 25.1 Å². The Kier molecular flexibility index (Phi) is 7.67. The highest BCUT2D eigenvalue weighted by Crippen LogP contribution is 2.24. The first kappa shape index (κ1) is 23.7. The molecular formula is C25H34N4O3S. The lowest BCUT2D eigenvalue weighted by Gasteiger charge is -2.36. The Morgan fingerprint density at radius 1 is 0.909 bits per heavy atom. The van der Waals surface area contributed by atoms with Gasteiger partial charge in [0.05, 0.1) is 4.90 Å². The van der Waals surface area contributed by atoms with E-state index in [0.717, 1.165) is 38.3 Å². The summed E-state index contributed by atoms with van der Waals surface area (Å²) in [5.74, 6) is -0.0744. The van der Waals surface area contributed by atoms with E-state index in [2.05, 4.69) is 39.4 Å². The van der Waals surface area contributed by atoms with Crippen LogP contribution in [0.2, 0.25) is 0 Å². The van der Waals surface area contributed by atoms with E-state index in [1.54, 1.807) is 12.1 Å². The zero-order chi connectivity index (χ0) is 23.3. The molecule has 0 bridgehead atoms. The van der Waals surface area contributed by atoms with Crippen molar-refractivity contribution in [1.82, 2.24) is 14.5 Å². The molecule has 7 nitrogen and oxygen atoms in total. The highest BCUT2D eigenvalue weighted by Gasteiger charge is 2.32. The van der Waals surface area contributed by atoms with E-state index in [9.17, 15) is 13.2 Å². The van der Waals surface area contributed by atoms with Gasteiger partial charge in [0.2, 0.25) is 15.9 Å². The van der Waals surface area contributed by atoms with Crippen LogP contribution in [-0.2, 0) is 14.8 Å². The van der Waals surface area contributed by atoms with Crippen molar-refractivity contribution in [2.75, 3.05) is 57.3 Å². The molecule has 2 saturated heterocycles. The monoisotopic (exact) mass is 470 g/mol. The van der Waals surface area contributed by atoms with Crippen molar-refractivity contribution in [2.24, 2.45) is 5.92 Å². The predicted octanol–water partition coefficient (Wildman–Crippen LogP) is 2.33. The molecule has 2 heterocycles. The second-order valence-electron chi connectivity index (χ2n) is 8.95. The SMILES string of the molecule is Cc1ccc(S(=O)(=O)N2CCC(C(=O)NCCN3CCN(c4ccccc4)CC3)CC2)cc1. The molecule has 2 aromatic rings. The van der Waals surface area contributed by atoms with Crippen LogP contribution in [-0.4, -0.2) is 75.9 Å². The lowest BCUT2D eigenvalue weighted by molar-refractivity contribution is -0.126. The van der Waals surface area contributed by atoms with E-state index in [-0.39, 0.29) is 11.8 Å². The minimum absolute atomic E-state index is 0.0466. The van der Waals surface area contributed by atoms with Crippen LogP contribution in [0, 0.1) is 12.8 Å². The summed E-state index contributed by atoms with van der Waals surface area (Å²) < 4.78 is 27.2. The van der Waals surface area contributed by atoms with Gasteiger partial charge in [0.15, 0.2) is 0 Å². The summed E-state index contributed by atoms with van der Waals surface area (Å²) in [5, 5.41) is 3.07. The molecular weight excluding hydrogens is 436 g/mol. The molecule has 0 saturated carbocycles. The highest BCUT2D eigenvalue weighted by molar-refractivity contribution is 7.89. The van der Waals surface area contributed by atoms with Crippen LogP contribution >= 0.6 is 0 Å². The van der Waals surface area contributed by atoms with E-state index >= 15 is 0 Å². The number of nitrogens with zero attached hydrogens (tertiary/aromatic N) is 3. The molecule has 2 aromatic carbocycles. The van der Waals surface area contributed by atoms with Gasteiger partial charge in [-0.15, -0.1) is 0 Å². The van der Waals surface area contributed by atoms with Crippen molar-refractivity contribution in [3.05, 3.63) is 60.2 Å². The average molecular weight is 471 g/mol. The highest BCUT2D eigenvalue weighted by atomic mass is 32.2. The number of benzene rings is 2. The van der Waals surface area contributed by atoms with Gasteiger partial charge in [-0.05, 0) is 44.0 Å². The Labute approximate surface area is 197 Å². The molecule has 33 heavy (non-hydrogen) atoms. The first-order valence-electron chi connectivity index (χ1n) is 11.8. The molecule has 4 rings (SSSR count). The van der Waals surface area contributed by atoms with Crippen molar-refractivity contribution in [3.63, 3.8) is 0 Å². The second kappa shape index (κ2) is 10.7. The first-order chi connectivity index (χ1) is 15.9. The Morgan fingerprint density at radius 2 is 1.55 bits per heavy atom. The van der Waals surface area contributed by atoms with Gasteiger partial charge >= 0.3 is 0 Å². The van der Waals surface area contributed by atoms with Gasteiger partial charge in [0, 0.05) is 64.0 Å². The smallest absolute Gasteiger partial charge is 0.243 e. The van der Waals surface area contributed by atoms with Crippen molar-refractivity contribution in [3.8, 4) is 0 Å². The minimum Gasteiger partial charge on any atom is -0.369 e. The van der Waals surface area contributed by atoms with Gasteiger partial charge in [0.25, 0.3) is 0 Å². The van der Waals surface area contributed by atoms with Gasteiger partial charge < -0.3 is 10.2 Å². The number of piperazine rings is 1. The number of piperidine rings is 1. The summed E-state index contributed by atoms with van der Waals surface area (Å²) in [6.07, 6.45) is 1.12. The molecule has 0 aromatic heterocycles. The Balaban J connectivity index is 1.17. The van der Waals surface area contributed by atoms with Crippen molar-refractivity contribution < 1.29 is 13.2 Å². The summed E-state index contributed by atoms with van der Waals surface area (Å²) in [5.41, 5.74) is 2.29. The molecule has 0 spiro atoms. The van der Waals surface area contributed by atoms with E-state index < -0.39 is 10.0 Å². The van der Waals surface area contributed by atoms with E-state index in [4.69, 9.17) is 0 Å². The molecule has 2 fully saturated rings. The van der Waals surface area contributed by atoms with E-state index in [0.29, 0.717) is 37.4 Å². The Morgan fingerprint density at radius 3 is 2.18 bits per heavy atom. The quantitative estimate of drug-likeness (QED) is 0.673. The maximum atomic E-state index is 12.9. The number of para-hydroxylation sites is 1. The molecule has 0 radical (unpaired) electrons. The average Bonchev–Trinajstić information content (AvgIpc) is 2.85. The first-order valence-corrected chi connectivity index (χ1v) is 13.2. The van der Waals surface area contributed by atoms with Gasteiger partial charge in [0.1, 0.15) is 0 Å². The normalized spacial score (nSPS) is 18.9. The van der Waals surface area contributed by atoms with Crippen molar-refractivity contribution in [2.45, 2.75) is 24.7 Å². The maximum absolute atomic E-state index is 12.9. The molecule has 0 unspecified atom stereocenters. The lowest BCUT2D eigenvalue weighted by atomic mass is 9.97. The predicted molar refractivity (Wildman–Crippen MR) is 131 cm³/mol. The van der Waals surface area contributed by atoms with Crippen molar-refractivity contribution >= 4 is 21.6 Å². The molecule has 178 valence electrons. The fourth-order valence-electron chi connectivity index (χ4n) is 4.57. The molecule has 1 amide bonds. The number of carbonyl (C=O) groups is 1. The number of aryl methyl sites for hydroxylation is 1. The largest absolute Gasteiger partial charge is 0.369 e. The molecule has 8 heteroatoms. The third kappa shape index (κ3) is 5.93. The van der Waals surface area contributed by atoms with Crippen molar-refractivity contribution in [1.29, 1.82) is 0 Å². The minimum atomic E-state index is -3.49. The number of nitrogens with one attached hydrogen (secondary N) is 1. The van der Waals surface area contributed by atoms with Crippen LogP contribution in [0.1, 0.15) is 18.4 Å². The standard InChI is InChI=1S/C25H34N4O3S/c1-21-7-9-24(10-8-21)33(31,32)29-14-11-22(12-15-29)25(30)26-13-16-27-17-19-28(20-18-27)23-5-3-2-4-6-23/h2-10,22H,11-20H2,1H3,(H,26,30). The van der Waals surface area contributed by atoms with Gasteiger partial charge in [-0.3, -0.25) is 9.69 Å². The molecule has 0 aliphatic carbocycles. The summed E-state index contributed by atoms with van der Waals surface area (Å²) in [6.45, 7) is 8.13. The van der Waals surface area contributed by atoms with Crippen LogP contribution in [0.25, 0.3) is 0 Å². The Bertz CT molecular complexity index is 1010. The van der Waals surface area contributed by atoms with Crippen LogP contribution in [0.15, 0.2) is 59.5 Å². The number of rotatable bonds is 7. The molecule has 2 aliphatic heterocycles. The number of carbonyl (C=O) groups excluding carboxylic acids is 1. The lowest BCUT2D eigenvalue weighted by Crippen LogP contribution is -2.49. The number of anilines is 1. The third-order valence-electron chi connectivity index (χ3n) is 6.70. The number of sulfonamides is 1. The fraction of sp³-hybridized carbons (Fsp3) is 0.480. The number of hydrogen-bond donors (Lipinski definition) is 1. The number of amides is 1. The van der Waals surface area contributed by atoms with Gasteiger partial charge in [-0.1, -0.05) is 35.9 Å². The fourth-order valence-corrected chi connectivity index (χ4v) is 6.04. The Hall–Kier alpha value is -2.42. The van der Waals surface area contributed by atoms with Crippen LogP contribution in [0.5, 0.6) is 0 Å². The topological polar surface area (TPSA) is 73.0 Å². The van der Waals surface area contributed by atoms with Gasteiger partial charge in [-0.2, -0.15) is 4.31 Å². The van der Waals surface area contributed by atoms with E-state index in [1.165, 1.54) is 9.99 Å². The van der Waals surface area contributed by atoms with Crippen LogP contribution in [0.4, 0.5) is 5.69 Å². The van der Waals surface area contributed by atoms with Crippen LogP contribution < -0.4 is 10.2 Å². The number of hydrogen-bond acceptors (Lipinski definition) is 5. The third-order valence-corrected chi connectivity index (χ3v) is 8.62. The molecule has 2 aliphatic rings. The zero-order valence-electron chi connectivity index (χ0n) is 19.3. The summed E-state index contributed by atoms with van der Waals surface area (Å²) >= 11 is 0. The summed E-state index contributed by atoms with van der Waals surface area (Å²) in [7, 11) is -3.49.